The van der Waals surface area contributed by atoms with Crippen LogP contribution in [0.15, 0.2) is 72.8 Å². The molecule has 4 rings (SSSR count). The van der Waals surface area contributed by atoms with E-state index in [-0.39, 0.29) is 18.1 Å². The van der Waals surface area contributed by atoms with Crippen molar-refractivity contribution in [1.29, 1.82) is 0 Å². The van der Waals surface area contributed by atoms with E-state index in [0.717, 1.165) is 35.5 Å². The van der Waals surface area contributed by atoms with Gasteiger partial charge in [0.25, 0.3) is 0 Å². The smallest absolute Gasteiger partial charge is 0.337 e. The summed E-state index contributed by atoms with van der Waals surface area (Å²) in [4.78, 5) is 28.6. The van der Waals surface area contributed by atoms with E-state index in [1.807, 2.05) is 65.6 Å². The third-order valence-electron chi connectivity index (χ3n) is 6.76. The second kappa shape index (κ2) is 14.0. The molecule has 0 aromatic heterocycles. The molecule has 3 aromatic carbocycles. The van der Waals surface area contributed by atoms with Gasteiger partial charge in [-0.1, -0.05) is 54.1 Å². The SMILES string of the molecule is COC(=O)c1ccc(CO[C@H](CN2CCN(C(=O)NCc3ccccc3Cl)CC2)c2cccc(OC)c2)cc1. The van der Waals surface area contributed by atoms with E-state index in [9.17, 15) is 9.59 Å². The molecule has 0 spiro atoms. The van der Waals surface area contributed by atoms with Crippen molar-refractivity contribution >= 4 is 23.6 Å². The van der Waals surface area contributed by atoms with E-state index in [4.69, 9.17) is 25.8 Å². The van der Waals surface area contributed by atoms with Crippen molar-refractivity contribution in [2.45, 2.75) is 19.3 Å². The number of ether oxygens (including phenoxy) is 3. The average molecular weight is 552 g/mol. The standard InChI is InChI=1S/C30H34ClN3O5/c1-37-26-8-5-7-24(18-26)28(39-21-22-10-12-23(13-11-22)29(35)38-2)20-33-14-16-34(17-15-33)30(36)32-19-25-6-3-4-9-27(25)31/h3-13,18,28H,14-17,19-21H2,1-2H3,(H,32,36)/t28-/m1/s1. The first-order chi connectivity index (χ1) is 19.0. The largest absolute Gasteiger partial charge is 0.497 e. The van der Waals surface area contributed by atoms with Gasteiger partial charge in [-0.15, -0.1) is 0 Å². The molecule has 3 aromatic rings. The van der Waals surface area contributed by atoms with E-state index in [0.29, 0.717) is 43.4 Å². The summed E-state index contributed by atoms with van der Waals surface area (Å²) >= 11 is 6.21. The van der Waals surface area contributed by atoms with Gasteiger partial charge in [0.1, 0.15) is 5.75 Å². The van der Waals surface area contributed by atoms with Gasteiger partial charge in [-0.05, 0) is 47.0 Å². The zero-order valence-corrected chi connectivity index (χ0v) is 23.0. The summed E-state index contributed by atoms with van der Waals surface area (Å²) in [5.74, 6) is 0.400. The second-order valence-corrected chi connectivity index (χ2v) is 9.71. The molecule has 0 radical (unpaired) electrons. The fraction of sp³-hybridized carbons (Fsp3) is 0.333. The van der Waals surface area contributed by atoms with Gasteiger partial charge >= 0.3 is 12.0 Å². The molecule has 1 aliphatic heterocycles. The van der Waals surface area contributed by atoms with Crippen molar-refractivity contribution in [3.63, 3.8) is 0 Å². The molecule has 0 aliphatic carbocycles. The molecule has 0 bridgehead atoms. The Kier molecular flexibility index (Phi) is 10.2. The number of urea groups is 1. The molecule has 8 nitrogen and oxygen atoms in total. The first-order valence-electron chi connectivity index (χ1n) is 12.9. The Morgan fingerprint density at radius 1 is 0.949 bits per heavy atom. The highest BCUT2D eigenvalue weighted by Crippen LogP contribution is 2.25. The number of carbonyl (C=O) groups excluding carboxylic acids is 2. The molecule has 0 unspecified atom stereocenters. The van der Waals surface area contributed by atoms with Gasteiger partial charge in [0.2, 0.25) is 0 Å². The number of nitrogens with one attached hydrogen (secondary N) is 1. The van der Waals surface area contributed by atoms with E-state index >= 15 is 0 Å². The van der Waals surface area contributed by atoms with Crippen LogP contribution in [0.1, 0.15) is 33.2 Å². The topological polar surface area (TPSA) is 80.3 Å². The Morgan fingerprint density at radius 2 is 1.69 bits per heavy atom. The predicted octanol–water partition coefficient (Wildman–Crippen LogP) is 4.92. The van der Waals surface area contributed by atoms with Crippen LogP contribution in [0, 0.1) is 0 Å². The molecule has 9 heteroatoms. The Bertz CT molecular complexity index is 1250. The number of hydrogen-bond acceptors (Lipinski definition) is 6. The molecule has 206 valence electrons. The zero-order chi connectivity index (χ0) is 27.6. The third kappa shape index (κ3) is 7.95. The first kappa shape index (κ1) is 28.4. The Hall–Kier alpha value is -3.59. The van der Waals surface area contributed by atoms with Crippen molar-refractivity contribution in [2.24, 2.45) is 0 Å². The quantitative estimate of drug-likeness (QED) is 0.360. The van der Waals surface area contributed by atoms with Gasteiger partial charge < -0.3 is 24.4 Å². The number of nitrogens with zero attached hydrogens (tertiary/aromatic N) is 2. The number of rotatable bonds is 10. The van der Waals surface area contributed by atoms with Crippen LogP contribution in [0.2, 0.25) is 5.02 Å². The minimum absolute atomic E-state index is 0.0921. The second-order valence-electron chi connectivity index (χ2n) is 9.30. The van der Waals surface area contributed by atoms with Crippen LogP contribution in [0.4, 0.5) is 4.79 Å². The van der Waals surface area contributed by atoms with Gasteiger partial charge in [-0.25, -0.2) is 9.59 Å². The number of piperazine rings is 1. The van der Waals surface area contributed by atoms with Gasteiger partial charge in [0, 0.05) is 44.3 Å². The highest BCUT2D eigenvalue weighted by atomic mass is 35.5. The molecular weight excluding hydrogens is 518 g/mol. The Morgan fingerprint density at radius 3 is 2.38 bits per heavy atom. The minimum Gasteiger partial charge on any atom is -0.497 e. The van der Waals surface area contributed by atoms with Crippen LogP contribution in [0.5, 0.6) is 5.75 Å². The van der Waals surface area contributed by atoms with Gasteiger partial charge in [-0.3, -0.25) is 4.90 Å². The maximum absolute atomic E-state index is 12.7. The summed E-state index contributed by atoms with van der Waals surface area (Å²) in [5.41, 5.74) is 3.36. The summed E-state index contributed by atoms with van der Waals surface area (Å²) in [6.45, 7) is 4.15. The third-order valence-corrected chi connectivity index (χ3v) is 7.13. The number of halogens is 1. The highest BCUT2D eigenvalue weighted by molar-refractivity contribution is 6.31. The zero-order valence-electron chi connectivity index (χ0n) is 22.3. The number of amides is 2. The van der Waals surface area contributed by atoms with Crippen LogP contribution in [0.3, 0.4) is 0 Å². The fourth-order valence-corrected chi connectivity index (χ4v) is 4.64. The molecule has 1 fully saturated rings. The minimum atomic E-state index is -0.367. The molecule has 1 atom stereocenters. The number of carbonyl (C=O) groups is 2. The lowest BCUT2D eigenvalue weighted by Gasteiger charge is -2.36. The first-order valence-corrected chi connectivity index (χ1v) is 13.3. The molecule has 1 heterocycles. The lowest BCUT2D eigenvalue weighted by Crippen LogP contribution is -2.52. The molecule has 2 amide bonds. The molecule has 1 saturated heterocycles. The van der Waals surface area contributed by atoms with Crippen LogP contribution >= 0.6 is 11.6 Å². The summed E-state index contributed by atoms with van der Waals surface area (Å²) in [5, 5.41) is 3.62. The molecule has 0 saturated carbocycles. The van der Waals surface area contributed by atoms with Gasteiger partial charge in [0.15, 0.2) is 0 Å². The Balaban J connectivity index is 1.34. The van der Waals surface area contributed by atoms with Crippen molar-refractivity contribution in [3.8, 4) is 5.75 Å². The fourth-order valence-electron chi connectivity index (χ4n) is 4.44. The van der Waals surface area contributed by atoms with E-state index in [1.165, 1.54) is 7.11 Å². The van der Waals surface area contributed by atoms with Gasteiger partial charge in [0.05, 0.1) is 32.5 Å². The van der Waals surface area contributed by atoms with Crippen molar-refractivity contribution in [2.75, 3.05) is 46.9 Å². The molecule has 1 N–H and O–H groups in total. The van der Waals surface area contributed by atoms with E-state index in [1.54, 1.807) is 19.2 Å². The van der Waals surface area contributed by atoms with Crippen molar-refractivity contribution in [1.82, 2.24) is 15.1 Å². The van der Waals surface area contributed by atoms with Crippen LogP contribution in [-0.2, 0) is 22.6 Å². The molecule has 39 heavy (non-hydrogen) atoms. The maximum atomic E-state index is 12.7. The van der Waals surface area contributed by atoms with E-state index in [2.05, 4.69) is 10.2 Å². The predicted molar refractivity (Wildman–Crippen MR) is 150 cm³/mol. The summed E-state index contributed by atoms with van der Waals surface area (Å²) in [7, 11) is 3.01. The highest BCUT2D eigenvalue weighted by Gasteiger charge is 2.24. The number of benzene rings is 3. The van der Waals surface area contributed by atoms with Crippen LogP contribution in [0.25, 0.3) is 0 Å². The summed E-state index contributed by atoms with van der Waals surface area (Å²) in [6, 6.07) is 22.5. The number of esters is 1. The van der Waals surface area contributed by atoms with Crippen LogP contribution in [-0.4, -0.2) is 68.7 Å². The number of methoxy groups -OCH3 is 2. The average Bonchev–Trinajstić information content (AvgIpc) is 2.99. The lowest BCUT2D eigenvalue weighted by atomic mass is 10.1. The maximum Gasteiger partial charge on any atom is 0.337 e. The number of hydrogen-bond donors (Lipinski definition) is 1. The lowest BCUT2D eigenvalue weighted by molar-refractivity contribution is 0.00544. The van der Waals surface area contributed by atoms with Crippen molar-refractivity contribution in [3.05, 3.63) is 100 Å². The van der Waals surface area contributed by atoms with Gasteiger partial charge in [-0.2, -0.15) is 0 Å². The van der Waals surface area contributed by atoms with E-state index < -0.39 is 0 Å². The summed E-state index contributed by atoms with van der Waals surface area (Å²) in [6.07, 6.45) is -0.207. The molecular formula is C30H34ClN3O5. The van der Waals surface area contributed by atoms with Crippen molar-refractivity contribution < 1.29 is 23.8 Å². The summed E-state index contributed by atoms with van der Waals surface area (Å²) < 4.78 is 16.6. The normalized spacial score (nSPS) is 14.5. The monoisotopic (exact) mass is 551 g/mol. The Labute approximate surface area is 234 Å². The molecule has 1 aliphatic rings. The van der Waals surface area contributed by atoms with Crippen LogP contribution < -0.4 is 10.1 Å².